The van der Waals surface area contributed by atoms with Crippen molar-refractivity contribution in [1.82, 2.24) is 30.3 Å². The molecule has 0 spiro atoms. The van der Waals surface area contributed by atoms with Crippen molar-refractivity contribution in [2.75, 3.05) is 32.7 Å². The van der Waals surface area contributed by atoms with Gasteiger partial charge in [0.15, 0.2) is 5.96 Å². The van der Waals surface area contributed by atoms with E-state index in [4.69, 9.17) is 4.99 Å². The van der Waals surface area contributed by atoms with Crippen LogP contribution in [-0.2, 0) is 24.2 Å². The molecule has 1 aliphatic heterocycles. The van der Waals surface area contributed by atoms with Crippen LogP contribution in [0.25, 0.3) is 0 Å². The Morgan fingerprint density at radius 3 is 2.74 bits per heavy atom. The number of halogens is 1. The summed E-state index contributed by atoms with van der Waals surface area (Å²) in [6.07, 6.45) is 4.11. The van der Waals surface area contributed by atoms with E-state index >= 15 is 0 Å². The number of aliphatic imine (C=N–C) groups is 1. The zero-order valence-electron chi connectivity index (χ0n) is 18.5. The first-order valence-electron chi connectivity index (χ1n) is 10.9. The number of aryl methyl sites for hydroxylation is 1. The molecule has 0 radical (unpaired) electrons. The fourth-order valence-corrected chi connectivity index (χ4v) is 3.70. The first kappa shape index (κ1) is 25.1. The minimum Gasteiger partial charge on any atom is -0.357 e. The van der Waals surface area contributed by atoms with Gasteiger partial charge in [0.2, 0.25) is 5.91 Å². The highest BCUT2D eigenvalue weighted by Gasteiger charge is 2.28. The Bertz CT molecular complexity index is 824. The third-order valence-electron chi connectivity index (χ3n) is 5.32. The Hall–Kier alpha value is -2.17. The van der Waals surface area contributed by atoms with Gasteiger partial charge in [-0.05, 0) is 18.9 Å². The number of nitrogens with one attached hydrogen (secondary N) is 2. The van der Waals surface area contributed by atoms with Crippen molar-refractivity contribution in [3.63, 3.8) is 0 Å². The molecule has 1 aromatic heterocycles. The molecule has 2 N–H and O–H groups in total. The molecule has 3 rings (SSSR count). The molecule has 1 saturated heterocycles. The smallest absolute Gasteiger partial charge is 0.223 e. The summed E-state index contributed by atoms with van der Waals surface area (Å²) < 4.78 is 2.05. The molecule has 31 heavy (non-hydrogen) atoms. The highest BCUT2D eigenvalue weighted by Crippen LogP contribution is 2.18. The maximum Gasteiger partial charge on any atom is 0.223 e. The first-order chi connectivity index (χ1) is 14.7. The number of hydrogen-bond acceptors (Lipinski definition) is 4. The average Bonchev–Trinajstić information content (AvgIpc) is 3.37. The van der Waals surface area contributed by atoms with E-state index in [1.165, 1.54) is 5.56 Å². The van der Waals surface area contributed by atoms with Crippen LogP contribution in [0.2, 0.25) is 0 Å². The second-order valence-corrected chi connectivity index (χ2v) is 7.59. The SMILES string of the molecule is CCNC(=NCC1CC(=O)N(CCc2ccccc2)C1)NCCn1cnnc1CC.I. The lowest BCUT2D eigenvalue weighted by molar-refractivity contribution is -0.127. The van der Waals surface area contributed by atoms with Gasteiger partial charge in [-0.2, -0.15) is 0 Å². The number of carbonyl (C=O) groups excluding carboxylic acids is 1. The molecule has 170 valence electrons. The Labute approximate surface area is 201 Å². The summed E-state index contributed by atoms with van der Waals surface area (Å²) >= 11 is 0. The van der Waals surface area contributed by atoms with Crippen molar-refractivity contribution >= 4 is 35.8 Å². The van der Waals surface area contributed by atoms with Crippen LogP contribution in [0, 0.1) is 5.92 Å². The van der Waals surface area contributed by atoms with E-state index in [2.05, 4.69) is 51.4 Å². The molecule has 1 aromatic carbocycles. The first-order valence-corrected chi connectivity index (χ1v) is 10.9. The van der Waals surface area contributed by atoms with Gasteiger partial charge in [0, 0.05) is 58.0 Å². The second-order valence-electron chi connectivity index (χ2n) is 7.59. The van der Waals surface area contributed by atoms with Crippen LogP contribution in [-0.4, -0.2) is 64.3 Å². The van der Waals surface area contributed by atoms with E-state index in [0.29, 0.717) is 13.0 Å². The van der Waals surface area contributed by atoms with Crippen molar-refractivity contribution in [2.45, 2.75) is 39.7 Å². The molecule has 2 aromatic rings. The Morgan fingerprint density at radius 2 is 2.00 bits per heavy atom. The summed E-state index contributed by atoms with van der Waals surface area (Å²) in [6.45, 7) is 8.66. The van der Waals surface area contributed by atoms with Gasteiger partial charge in [-0.1, -0.05) is 37.3 Å². The number of carbonyl (C=O) groups is 1. The van der Waals surface area contributed by atoms with Gasteiger partial charge in [0.25, 0.3) is 0 Å². The molecule has 8 nitrogen and oxygen atoms in total. The average molecular weight is 539 g/mol. The molecular weight excluding hydrogens is 505 g/mol. The van der Waals surface area contributed by atoms with Crippen molar-refractivity contribution < 1.29 is 4.79 Å². The summed E-state index contributed by atoms with van der Waals surface area (Å²) in [5.74, 6) is 2.29. The molecule has 0 bridgehead atoms. The van der Waals surface area contributed by atoms with Crippen molar-refractivity contribution in [3.8, 4) is 0 Å². The third-order valence-corrected chi connectivity index (χ3v) is 5.32. The number of hydrogen-bond donors (Lipinski definition) is 2. The van der Waals surface area contributed by atoms with Crippen LogP contribution >= 0.6 is 24.0 Å². The topological polar surface area (TPSA) is 87.4 Å². The molecule has 0 aliphatic carbocycles. The second kappa shape index (κ2) is 13.3. The van der Waals surface area contributed by atoms with Crippen molar-refractivity contribution in [2.24, 2.45) is 10.9 Å². The predicted octanol–water partition coefficient (Wildman–Crippen LogP) is 2.10. The molecule has 9 heteroatoms. The maximum absolute atomic E-state index is 12.4. The highest BCUT2D eigenvalue weighted by atomic mass is 127. The lowest BCUT2D eigenvalue weighted by Crippen LogP contribution is -2.39. The molecule has 1 unspecified atom stereocenters. The largest absolute Gasteiger partial charge is 0.357 e. The van der Waals surface area contributed by atoms with E-state index in [-0.39, 0.29) is 35.8 Å². The normalized spacial score (nSPS) is 16.3. The van der Waals surface area contributed by atoms with E-state index in [1.807, 2.05) is 23.1 Å². The summed E-state index contributed by atoms with van der Waals surface area (Å²) in [6, 6.07) is 10.3. The van der Waals surface area contributed by atoms with Crippen molar-refractivity contribution in [1.29, 1.82) is 0 Å². The van der Waals surface area contributed by atoms with Crippen LogP contribution in [0.4, 0.5) is 0 Å². The number of benzene rings is 1. The maximum atomic E-state index is 12.4. The van der Waals surface area contributed by atoms with Gasteiger partial charge in [-0.3, -0.25) is 9.79 Å². The van der Waals surface area contributed by atoms with Crippen LogP contribution in [0.1, 0.15) is 31.7 Å². The van der Waals surface area contributed by atoms with Crippen LogP contribution < -0.4 is 10.6 Å². The highest BCUT2D eigenvalue weighted by molar-refractivity contribution is 14.0. The number of amides is 1. The minimum absolute atomic E-state index is 0. The number of nitrogens with zero attached hydrogens (tertiary/aromatic N) is 5. The summed E-state index contributed by atoms with van der Waals surface area (Å²) in [5.41, 5.74) is 1.27. The Morgan fingerprint density at radius 1 is 1.19 bits per heavy atom. The van der Waals surface area contributed by atoms with Crippen LogP contribution in [0.5, 0.6) is 0 Å². The van der Waals surface area contributed by atoms with Crippen LogP contribution in [0.15, 0.2) is 41.7 Å². The zero-order valence-corrected chi connectivity index (χ0v) is 20.8. The van der Waals surface area contributed by atoms with Crippen molar-refractivity contribution in [3.05, 3.63) is 48.0 Å². The van der Waals surface area contributed by atoms with Gasteiger partial charge in [-0.15, -0.1) is 34.2 Å². The minimum atomic E-state index is 0. The standard InChI is InChI=1S/C22H33N7O.HI/c1-3-20-27-26-17-29(20)13-11-24-22(23-4-2)25-15-19-14-21(30)28(16-19)12-10-18-8-6-5-7-9-18;/h5-9,17,19H,3-4,10-16H2,1-2H3,(H2,23,24,25);1H. The molecular formula is C22H34IN7O. The van der Waals surface area contributed by atoms with Gasteiger partial charge >= 0.3 is 0 Å². The summed E-state index contributed by atoms with van der Waals surface area (Å²) in [5, 5.41) is 14.7. The Balaban J connectivity index is 0.00000341. The quantitative estimate of drug-likeness (QED) is 0.275. The molecule has 2 heterocycles. The predicted molar refractivity (Wildman–Crippen MR) is 134 cm³/mol. The number of guanidine groups is 1. The number of rotatable bonds is 10. The fourth-order valence-electron chi connectivity index (χ4n) is 3.70. The van der Waals surface area contributed by atoms with Gasteiger partial charge in [0.05, 0.1) is 0 Å². The van der Waals surface area contributed by atoms with E-state index in [0.717, 1.165) is 57.3 Å². The van der Waals surface area contributed by atoms with Gasteiger partial charge in [-0.25, -0.2) is 0 Å². The number of aromatic nitrogens is 3. The lowest BCUT2D eigenvalue weighted by atomic mass is 10.1. The van der Waals surface area contributed by atoms with Gasteiger partial charge < -0.3 is 20.1 Å². The third kappa shape index (κ3) is 7.79. The van der Waals surface area contributed by atoms with Gasteiger partial charge in [0.1, 0.15) is 12.2 Å². The molecule has 0 saturated carbocycles. The molecule has 1 amide bonds. The Kier molecular flexibility index (Phi) is 10.8. The zero-order chi connectivity index (χ0) is 21.2. The van der Waals surface area contributed by atoms with Crippen LogP contribution in [0.3, 0.4) is 0 Å². The molecule has 1 fully saturated rings. The fraction of sp³-hybridized carbons (Fsp3) is 0.545. The summed E-state index contributed by atoms with van der Waals surface area (Å²) in [4.78, 5) is 19.1. The lowest BCUT2D eigenvalue weighted by Gasteiger charge is -2.16. The molecule has 1 atom stereocenters. The molecule has 1 aliphatic rings. The van der Waals surface area contributed by atoms with E-state index in [9.17, 15) is 4.79 Å². The summed E-state index contributed by atoms with van der Waals surface area (Å²) in [7, 11) is 0. The number of likely N-dealkylation sites (tertiary alicyclic amines) is 1. The van der Waals surface area contributed by atoms with E-state index < -0.39 is 0 Å². The van der Waals surface area contributed by atoms with E-state index in [1.54, 1.807) is 6.33 Å². The monoisotopic (exact) mass is 539 g/mol.